The fraction of sp³-hybridized carbons (Fsp3) is 0.818. The van der Waals surface area contributed by atoms with E-state index in [1.54, 1.807) is 18.9 Å². The number of rotatable bonds is 5. The predicted molar refractivity (Wildman–Crippen MR) is 65.5 cm³/mol. The van der Waals surface area contributed by atoms with Crippen LogP contribution in [0.4, 0.5) is 4.79 Å². The van der Waals surface area contributed by atoms with Crippen molar-refractivity contribution in [2.75, 3.05) is 46.4 Å². The monoisotopic (exact) mass is 259 g/mol. The van der Waals surface area contributed by atoms with E-state index in [2.05, 4.69) is 5.32 Å². The summed E-state index contributed by atoms with van der Waals surface area (Å²) in [5.74, 6) is -0.839. The van der Waals surface area contributed by atoms with Crippen LogP contribution < -0.4 is 5.32 Å². The van der Waals surface area contributed by atoms with E-state index in [0.717, 1.165) is 0 Å². The van der Waals surface area contributed by atoms with E-state index in [1.807, 2.05) is 4.90 Å². The van der Waals surface area contributed by atoms with E-state index in [9.17, 15) is 9.59 Å². The SMILES string of the molecule is CCOC(=O)N1CCN(C(CNC)C(=O)O)CC1. The Morgan fingerprint density at radius 2 is 1.94 bits per heavy atom. The van der Waals surface area contributed by atoms with E-state index >= 15 is 0 Å². The van der Waals surface area contributed by atoms with Crippen molar-refractivity contribution >= 4 is 12.1 Å². The summed E-state index contributed by atoms with van der Waals surface area (Å²) in [4.78, 5) is 26.1. The normalized spacial score (nSPS) is 18.4. The molecule has 0 aromatic carbocycles. The Labute approximate surface area is 107 Å². The molecule has 1 fully saturated rings. The molecule has 2 N–H and O–H groups in total. The number of carbonyl (C=O) groups excluding carboxylic acids is 1. The highest BCUT2D eigenvalue weighted by Gasteiger charge is 2.30. The van der Waals surface area contributed by atoms with Crippen LogP contribution in [0, 0.1) is 0 Å². The van der Waals surface area contributed by atoms with Gasteiger partial charge in [-0.25, -0.2) is 4.79 Å². The minimum atomic E-state index is -0.839. The lowest BCUT2D eigenvalue weighted by Gasteiger charge is -2.37. The van der Waals surface area contributed by atoms with Crippen LogP contribution in [0.1, 0.15) is 6.92 Å². The molecule has 1 heterocycles. The standard InChI is InChI=1S/C11H21N3O4/c1-3-18-11(17)14-6-4-13(5-7-14)9(8-12-2)10(15)16/h9,12H,3-8H2,1-2H3,(H,15,16). The number of carboxylic acid groups (broad SMARTS) is 1. The Balaban J connectivity index is 2.46. The van der Waals surface area contributed by atoms with E-state index in [-0.39, 0.29) is 6.09 Å². The number of aliphatic carboxylic acids is 1. The van der Waals surface area contributed by atoms with Crippen molar-refractivity contribution in [3.8, 4) is 0 Å². The van der Waals surface area contributed by atoms with Gasteiger partial charge in [0.25, 0.3) is 0 Å². The number of hydrogen-bond acceptors (Lipinski definition) is 5. The van der Waals surface area contributed by atoms with Gasteiger partial charge in [0.15, 0.2) is 0 Å². The molecular formula is C11H21N3O4. The van der Waals surface area contributed by atoms with Gasteiger partial charge in [0.2, 0.25) is 0 Å². The van der Waals surface area contributed by atoms with Crippen LogP contribution >= 0.6 is 0 Å². The van der Waals surface area contributed by atoms with Crippen LogP contribution in [0.5, 0.6) is 0 Å². The molecule has 0 saturated carbocycles. The van der Waals surface area contributed by atoms with Gasteiger partial charge in [-0.2, -0.15) is 0 Å². The van der Waals surface area contributed by atoms with Crippen molar-refractivity contribution in [3.63, 3.8) is 0 Å². The maximum atomic E-state index is 11.5. The zero-order valence-electron chi connectivity index (χ0n) is 10.9. The van der Waals surface area contributed by atoms with Crippen LogP contribution in [0.25, 0.3) is 0 Å². The second kappa shape index (κ2) is 7.17. The average Bonchev–Trinajstić information content (AvgIpc) is 2.36. The number of piperazine rings is 1. The summed E-state index contributed by atoms with van der Waals surface area (Å²) < 4.78 is 4.91. The summed E-state index contributed by atoms with van der Waals surface area (Å²) in [7, 11) is 1.73. The van der Waals surface area contributed by atoms with Gasteiger partial charge in [0.1, 0.15) is 6.04 Å². The highest BCUT2D eigenvalue weighted by molar-refractivity contribution is 5.74. The fourth-order valence-corrected chi connectivity index (χ4v) is 2.00. The Hall–Kier alpha value is -1.34. The number of carbonyl (C=O) groups is 2. The van der Waals surface area contributed by atoms with Crippen molar-refractivity contribution in [1.82, 2.24) is 15.1 Å². The average molecular weight is 259 g/mol. The third-order valence-corrected chi connectivity index (χ3v) is 2.96. The van der Waals surface area contributed by atoms with Crippen molar-refractivity contribution in [2.45, 2.75) is 13.0 Å². The van der Waals surface area contributed by atoms with Crippen LogP contribution in [-0.4, -0.2) is 79.4 Å². The summed E-state index contributed by atoms with van der Waals surface area (Å²) in [5.41, 5.74) is 0. The van der Waals surface area contributed by atoms with Crippen LogP contribution in [0.3, 0.4) is 0 Å². The quantitative estimate of drug-likeness (QED) is 0.688. The lowest BCUT2D eigenvalue weighted by molar-refractivity contribution is -0.143. The lowest BCUT2D eigenvalue weighted by Crippen LogP contribution is -2.56. The molecule has 104 valence electrons. The van der Waals surface area contributed by atoms with Gasteiger partial charge in [-0.05, 0) is 14.0 Å². The maximum Gasteiger partial charge on any atom is 0.409 e. The van der Waals surface area contributed by atoms with E-state index < -0.39 is 12.0 Å². The van der Waals surface area contributed by atoms with Crippen molar-refractivity contribution in [2.24, 2.45) is 0 Å². The van der Waals surface area contributed by atoms with E-state index in [1.165, 1.54) is 0 Å². The topological polar surface area (TPSA) is 82.1 Å². The van der Waals surface area contributed by atoms with Crippen LogP contribution in [-0.2, 0) is 9.53 Å². The summed E-state index contributed by atoms with van der Waals surface area (Å²) in [6.45, 7) is 4.64. The first-order valence-electron chi connectivity index (χ1n) is 6.13. The maximum absolute atomic E-state index is 11.5. The molecule has 1 aliphatic heterocycles. The number of likely N-dealkylation sites (N-methyl/N-ethyl adjacent to an activating group) is 1. The molecule has 1 atom stereocenters. The summed E-state index contributed by atoms with van der Waals surface area (Å²) >= 11 is 0. The summed E-state index contributed by atoms with van der Waals surface area (Å²) in [5, 5.41) is 12.0. The highest BCUT2D eigenvalue weighted by Crippen LogP contribution is 2.08. The molecule has 0 aliphatic carbocycles. The van der Waals surface area contributed by atoms with Crippen molar-refractivity contribution in [3.05, 3.63) is 0 Å². The largest absolute Gasteiger partial charge is 0.480 e. The van der Waals surface area contributed by atoms with E-state index in [4.69, 9.17) is 9.84 Å². The predicted octanol–water partition coefficient (Wildman–Crippen LogP) is -0.567. The molecule has 7 nitrogen and oxygen atoms in total. The minimum absolute atomic E-state index is 0.322. The number of nitrogens with zero attached hydrogens (tertiary/aromatic N) is 2. The van der Waals surface area contributed by atoms with Gasteiger partial charge in [-0.15, -0.1) is 0 Å². The Morgan fingerprint density at radius 1 is 1.33 bits per heavy atom. The molecule has 18 heavy (non-hydrogen) atoms. The summed E-state index contributed by atoms with van der Waals surface area (Å²) in [6.07, 6.45) is -0.322. The molecule has 0 bridgehead atoms. The Bertz CT molecular complexity index is 290. The third-order valence-electron chi connectivity index (χ3n) is 2.96. The highest BCUT2D eigenvalue weighted by atomic mass is 16.6. The van der Waals surface area contributed by atoms with Gasteiger partial charge >= 0.3 is 12.1 Å². The van der Waals surface area contributed by atoms with Gasteiger partial charge < -0.3 is 20.1 Å². The molecule has 1 rings (SSSR count). The smallest absolute Gasteiger partial charge is 0.409 e. The van der Waals surface area contributed by atoms with Gasteiger partial charge in [0, 0.05) is 32.7 Å². The second-order valence-corrected chi connectivity index (χ2v) is 4.13. The van der Waals surface area contributed by atoms with E-state index in [0.29, 0.717) is 39.3 Å². The zero-order chi connectivity index (χ0) is 13.5. The molecular weight excluding hydrogens is 238 g/mol. The molecule has 1 unspecified atom stereocenters. The molecule has 7 heteroatoms. The molecule has 0 aromatic rings. The van der Waals surface area contributed by atoms with Crippen LogP contribution in [0.15, 0.2) is 0 Å². The Kier molecular flexibility index (Phi) is 5.87. The van der Waals surface area contributed by atoms with Crippen molar-refractivity contribution < 1.29 is 19.4 Å². The third kappa shape index (κ3) is 3.85. The number of carboxylic acids is 1. The van der Waals surface area contributed by atoms with Gasteiger partial charge in [-0.1, -0.05) is 0 Å². The number of nitrogens with one attached hydrogen (secondary N) is 1. The number of ether oxygens (including phenoxy) is 1. The van der Waals surface area contributed by atoms with Gasteiger partial charge in [0.05, 0.1) is 6.61 Å². The fourth-order valence-electron chi connectivity index (χ4n) is 2.00. The van der Waals surface area contributed by atoms with Gasteiger partial charge in [-0.3, -0.25) is 9.69 Å². The first kappa shape index (κ1) is 14.7. The number of amides is 1. The number of hydrogen-bond donors (Lipinski definition) is 2. The Morgan fingerprint density at radius 3 is 2.39 bits per heavy atom. The summed E-state index contributed by atoms with van der Waals surface area (Å²) in [6, 6.07) is -0.542. The molecule has 0 spiro atoms. The molecule has 0 aromatic heterocycles. The zero-order valence-corrected chi connectivity index (χ0v) is 10.9. The van der Waals surface area contributed by atoms with Crippen LogP contribution in [0.2, 0.25) is 0 Å². The first-order chi connectivity index (χ1) is 8.60. The lowest BCUT2D eigenvalue weighted by atomic mass is 10.2. The molecule has 0 radical (unpaired) electrons. The first-order valence-corrected chi connectivity index (χ1v) is 6.13. The molecule has 1 amide bonds. The molecule has 1 saturated heterocycles. The molecule has 1 aliphatic rings. The van der Waals surface area contributed by atoms with Crippen molar-refractivity contribution in [1.29, 1.82) is 0 Å². The second-order valence-electron chi connectivity index (χ2n) is 4.13. The minimum Gasteiger partial charge on any atom is -0.480 e.